The van der Waals surface area contributed by atoms with Crippen molar-refractivity contribution in [1.82, 2.24) is 30.5 Å². The topological polar surface area (TPSA) is 88.5 Å². The van der Waals surface area contributed by atoms with E-state index < -0.39 is 0 Å². The highest BCUT2D eigenvalue weighted by Gasteiger charge is 2.13. The van der Waals surface area contributed by atoms with Crippen molar-refractivity contribution in [3.05, 3.63) is 29.8 Å². The van der Waals surface area contributed by atoms with Gasteiger partial charge in [0.1, 0.15) is 5.69 Å². The summed E-state index contributed by atoms with van der Waals surface area (Å²) in [5.41, 5.74) is 1.40. The number of aromatic amines is 1. The molecule has 2 aromatic heterocycles. The first kappa shape index (κ1) is 12.3. The zero-order chi connectivity index (χ0) is 13.0. The van der Waals surface area contributed by atoms with Gasteiger partial charge in [-0.1, -0.05) is 0 Å². The van der Waals surface area contributed by atoms with Crippen LogP contribution in [0.4, 0.5) is 0 Å². The second-order valence-corrected chi connectivity index (χ2v) is 4.22. The molecular formula is C11H16N6O. The average molecular weight is 248 g/mol. The standard InChI is InChI=1S/C11H16N6O/c1-8(2)17-10(4-6-14-17)11(18)12-5-3-9-7-13-16-15-9/h4,6-8H,3,5H2,1-2H3,(H,12,18)(H,13,15,16). The van der Waals surface area contributed by atoms with Crippen molar-refractivity contribution in [2.45, 2.75) is 26.3 Å². The van der Waals surface area contributed by atoms with E-state index in [9.17, 15) is 4.79 Å². The molecule has 96 valence electrons. The van der Waals surface area contributed by atoms with Gasteiger partial charge in [-0.3, -0.25) is 9.48 Å². The molecule has 0 radical (unpaired) electrons. The van der Waals surface area contributed by atoms with E-state index in [1.54, 1.807) is 23.1 Å². The van der Waals surface area contributed by atoms with E-state index in [1.165, 1.54) is 0 Å². The molecule has 2 N–H and O–H groups in total. The van der Waals surface area contributed by atoms with Crippen LogP contribution in [0, 0.1) is 0 Å². The third kappa shape index (κ3) is 2.73. The Hall–Kier alpha value is -2.18. The van der Waals surface area contributed by atoms with Gasteiger partial charge in [-0.05, 0) is 19.9 Å². The number of rotatable bonds is 5. The molecule has 0 unspecified atom stereocenters. The van der Waals surface area contributed by atoms with Crippen molar-refractivity contribution in [2.24, 2.45) is 0 Å². The maximum atomic E-state index is 11.9. The summed E-state index contributed by atoms with van der Waals surface area (Å²) < 4.78 is 1.70. The fourth-order valence-electron chi connectivity index (χ4n) is 1.65. The van der Waals surface area contributed by atoms with Crippen LogP contribution in [0.2, 0.25) is 0 Å². The Bertz CT molecular complexity index is 501. The average Bonchev–Trinajstić information content (AvgIpc) is 2.99. The van der Waals surface area contributed by atoms with Gasteiger partial charge >= 0.3 is 0 Å². The highest BCUT2D eigenvalue weighted by Crippen LogP contribution is 2.07. The summed E-state index contributed by atoms with van der Waals surface area (Å²) in [6, 6.07) is 1.88. The number of aromatic nitrogens is 5. The minimum absolute atomic E-state index is 0.121. The van der Waals surface area contributed by atoms with E-state index in [1.807, 2.05) is 13.8 Å². The predicted octanol–water partition coefficient (Wildman–Crippen LogP) is 0.555. The SMILES string of the molecule is CC(C)n1nccc1C(=O)NCCc1cn[nH]n1. The third-order valence-corrected chi connectivity index (χ3v) is 2.52. The van der Waals surface area contributed by atoms with E-state index in [0.717, 1.165) is 5.69 Å². The Labute approximate surface area is 105 Å². The number of nitrogens with one attached hydrogen (secondary N) is 2. The van der Waals surface area contributed by atoms with Crippen LogP contribution in [-0.4, -0.2) is 37.6 Å². The minimum atomic E-state index is -0.121. The Kier molecular flexibility index (Phi) is 3.71. The monoisotopic (exact) mass is 248 g/mol. The van der Waals surface area contributed by atoms with E-state index in [4.69, 9.17) is 0 Å². The quantitative estimate of drug-likeness (QED) is 0.809. The van der Waals surface area contributed by atoms with Gasteiger partial charge < -0.3 is 5.32 Å². The lowest BCUT2D eigenvalue weighted by atomic mass is 10.3. The molecule has 0 aliphatic carbocycles. The zero-order valence-electron chi connectivity index (χ0n) is 10.4. The van der Waals surface area contributed by atoms with Gasteiger partial charge in [0.15, 0.2) is 0 Å². The summed E-state index contributed by atoms with van der Waals surface area (Å²) >= 11 is 0. The van der Waals surface area contributed by atoms with Crippen molar-refractivity contribution in [3.8, 4) is 0 Å². The van der Waals surface area contributed by atoms with E-state index in [0.29, 0.717) is 18.7 Å². The Morgan fingerprint density at radius 1 is 1.56 bits per heavy atom. The molecule has 0 bridgehead atoms. The van der Waals surface area contributed by atoms with Gasteiger partial charge in [0.05, 0.1) is 11.9 Å². The van der Waals surface area contributed by atoms with Crippen LogP contribution < -0.4 is 5.32 Å². The Morgan fingerprint density at radius 3 is 3.06 bits per heavy atom. The third-order valence-electron chi connectivity index (χ3n) is 2.52. The maximum Gasteiger partial charge on any atom is 0.269 e. The molecular weight excluding hydrogens is 232 g/mol. The molecule has 1 amide bonds. The number of nitrogens with zero attached hydrogens (tertiary/aromatic N) is 4. The van der Waals surface area contributed by atoms with Gasteiger partial charge in [0.2, 0.25) is 0 Å². The molecule has 0 fully saturated rings. The molecule has 2 heterocycles. The first-order chi connectivity index (χ1) is 8.68. The van der Waals surface area contributed by atoms with Crippen LogP contribution in [0.3, 0.4) is 0 Å². The van der Waals surface area contributed by atoms with Gasteiger partial charge in [0.25, 0.3) is 5.91 Å². The van der Waals surface area contributed by atoms with Crippen LogP contribution in [-0.2, 0) is 6.42 Å². The second kappa shape index (κ2) is 5.44. The van der Waals surface area contributed by atoms with Crippen LogP contribution in [0.15, 0.2) is 18.5 Å². The number of hydrogen-bond donors (Lipinski definition) is 2. The second-order valence-electron chi connectivity index (χ2n) is 4.22. The fraction of sp³-hybridized carbons (Fsp3) is 0.455. The Balaban J connectivity index is 1.89. The van der Waals surface area contributed by atoms with Crippen molar-refractivity contribution >= 4 is 5.91 Å². The van der Waals surface area contributed by atoms with Crippen LogP contribution >= 0.6 is 0 Å². The van der Waals surface area contributed by atoms with Crippen molar-refractivity contribution in [1.29, 1.82) is 0 Å². The maximum absolute atomic E-state index is 11.9. The van der Waals surface area contributed by atoms with Gasteiger partial charge in [-0.2, -0.15) is 20.5 Å². The van der Waals surface area contributed by atoms with Crippen molar-refractivity contribution in [3.63, 3.8) is 0 Å². The lowest BCUT2D eigenvalue weighted by Crippen LogP contribution is -2.28. The number of carbonyl (C=O) groups is 1. The molecule has 0 aliphatic heterocycles. The minimum Gasteiger partial charge on any atom is -0.350 e. The number of H-pyrrole nitrogens is 1. The highest BCUT2D eigenvalue weighted by atomic mass is 16.2. The molecule has 7 heteroatoms. The fourth-order valence-corrected chi connectivity index (χ4v) is 1.65. The summed E-state index contributed by atoms with van der Waals surface area (Å²) in [6.45, 7) is 4.49. The lowest BCUT2D eigenvalue weighted by Gasteiger charge is -2.10. The molecule has 2 aromatic rings. The number of carbonyl (C=O) groups excluding carboxylic acids is 1. The van der Waals surface area contributed by atoms with Crippen molar-refractivity contribution in [2.75, 3.05) is 6.54 Å². The normalized spacial score (nSPS) is 10.8. The predicted molar refractivity (Wildman–Crippen MR) is 65.0 cm³/mol. The van der Waals surface area contributed by atoms with Crippen LogP contribution in [0.5, 0.6) is 0 Å². The first-order valence-corrected chi connectivity index (χ1v) is 5.85. The van der Waals surface area contributed by atoms with Gasteiger partial charge in [0, 0.05) is 25.2 Å². The van der Waals surface area contributed by atoms with Gasteiger partial charge in [-0.15, -0.1) is 0 Å². The summed E-state index contributed by atoms with van der Waals surface area (Å²) in [5.74, 6) is -0.121. The molecule has 0 spiro atoms. The summed E-state index contributed by atoms with van der Waals surface area (Å²) in [6.07, 6.45) is 3.93. The zero-order valence-corrected chi connectivity index (χ0v) is 10.4. The molecule has 0 saturated carbocycles. The van der Waals surface area contributed by atoms with E-state index >= 15 is 0 Å². The van der Waals surface area contributed by atoms with Gasteiger partial charge in [-0.25, -0.2) is 0 Å². The molecule has 18 heavy (non-hydrogen) atoms. The molecule has 0 aliphatic rings. The van der Waals surface area contributed by atoms with Crippen LogP contribution in [0.25, 0.3) is 0 Å². The highest BCUT2D eigenvalue weighted by molar-refractivity contribution is 5.92. The van der Waals surface area contributed by atoms with E-state index in [2.05, 4.69) is 25.8 Å². The molecule has 0 saturated heterocycles. The van der Waals surface area contributed by atoms with Crippen LogP contribution in [0.1, 0.15) is 36.1 Å². The summed E-state index contributed by atoms with van der Waals surface area (Å²) in [5, 5.41) is 17.1. The summed E-state index contributed by atoms with van der Waals surface area (Å²) in [4.78, 5) is 11.9. The smallest absolute Gasteiger partial charge is 0.269 e. The molecule has 0 atom stereocenters. The summed E-state index contributed by atoms with van der Waals surface area (Å²) in [7, 11) is 0. The number of hydrogen-bond acceptors (Lipinski definition) is 4. The molecule has 7 nitrogen and oxygen atoms in total. The molecule has 0 aromatic carbocycles. The number of amides is 1. The lowest BCUT2D eigenvalue weighted by molar-refractivity contribution is 0.0941. The van der Waals surface area contributed by atoms with Crippen molar-refractivity contribution < 1.29 is 4.79 Å². The Morgan fingerprint density at radius 2 is 2.39 bits per heavy atom. The largest absolute Gasteiger partial charge is 0.350 e. The molecule has 2 rings (SSSR count). The van der Waals surface area contributed by atoms with E-state index in [-0.39, 0.29) is 11.9 Å². The first-order valence-electron chi connectivity index (χ1n) is 5.85.